The minimum atomic E-state index is -3.71. The molecule has 0 fully saturated rings. The molecule has 0 aliphatic heterocycles. The van der Waals surface area contributed by atoms with Crippen molar-refractivity contribution in [2.75, 3.05) is 0 Å². The number of hydrogen-bond acceptors (Lipinski definition) is 4. The highest BCUT2D eigenvalue weighted by Gasteiger charge is 2.21. The van der Waals surface area contributed by atoms with Crippen molar-refractivity contribution in [2.45, 2.75) is 4.90 Å². The van der Waals surface area contributed by atoms with E-state index in [1.807, 2.05) is 12.1 Å². The number of hydrogen-bond donors (Lipinski definition) is 1. The summed E-state index contributed by atoms with van der Waals surface area (Å²) in [4.78, 5) is 14.8. The first-order valence-electron chi connectivity index (χ1n) is 7.17. The van der Waals surface area contributed by atoms with Gasteiger partial charge in [-0.1, -0.05) is 47.7 Å². The Kier molecular flexibility index (Phi) is 3.40. The van der Waals surface area contributed by atoms with E-state index >= 15 is 0 Å². The molecular weight excluding hydrogens is 344 g/mol. The summed E-state index contributed by atoms with van der Waals surface area (Å²) in [5.41, 5.74) is 1.30. The fraction of sp³-hybridized carbons (Fsp3) is 0. The molecule has 0 saturated carbocycles. The zero-order valence-electron chi connectivity index (χ0n) is 12.3. The van der Waals surface area contributed by atoms with Gasteiger partial charge in [0.15, 0.2) is 0 Å². The molecule has 0 atom stereocenters. The van der Waals surface area contributed by atoms with Crippen LogP contribution in [0.1, 0.15) is 0 Å². The summed E-state index contributed by atoms with van der Waals surface area (Å²) in [5, 5.41) is 0.784. The third-order valence-electron chi connectivity index (χ3n) is 3.77. The smallest absolute Gasteiger partial charge is 0.305 e. The highest BCUT2D eigenvalue weighted by molar-refractivity contribution is 7.90. The first kappa shape index (κ1) is 14.9. The topological polar surface area (TPSA) is 71.9 Å². The van der Waals surface area contributed by atoms with Crippen LogP contribution in [0.15, 0.2) is 76.7 Å². The predicted octanol–water partition coefficient (Wildman–Crippen LogP) is 3.30. The molecule has 4 rings (SSSR count). The third-order valence-corrected chi connectivity index (χ3v) is 6.32. The van der Waals surface area contributed by atoms with Crippen LogP contribution in [-0.4, -0.2) is 17.4 Å². The summed E-state index contributed by atoms with van der Waals surface area (Å²) < 4.78 is 27.3. The lowest BCUT2D eigenvalue weighted by molar-refractivity contribution is 0.589. The van der Waals surface area contributed by atoms with E-state index in [0.29, 0.717) is 16.0 Å². The van der Waals surface area contributed by atoms with Gasteiger partial charge in [0.1, 0.15) is 0 Å². The quantitative estimate of drug-likeness (QED) is 0.612. The van der Waals surface area contributed by atoms with Crippen molar-refractivity contribution in [1.29, 1.82) is 0 Å². The molecule has 5 nitrogen and oxygen atoms in total. The van der Waals surface area contributed by atoms with Gasteiger partial charge in [-0.05, 0) is 18.2 Å². The van der Waals surface area contributed by atoms with Gasteiger partial charge in [-0.15, -0.1) is 0 Å². The van der Waals surface area contributed by atoms with E-state index in [2.05, 4.69) is 4.98 Å². The van der Waals surface area contributed by atoms with Crippen molar-refractivity contribution >= 4 is 32.3 Å². The predicted molar refractivity (Wildman–Crippen MR) is 94.9 cm³/mol. The van der Waals surface area contributed by atoms with Gasteiger partial charge in [-0.2, -0.15) is 0 Å². The fourth-order valence-electron chi connectivity index (χ4n) is 2.67. The van der Waals surface area contributed by atoms with Gasteiger partial charge in [0.2, 0.25) is 0 Å². The Labute approximate surface area is 141 Å². The van der Waals surface area contributed by atoms with Crippen LogP contribution < -0.4 is 4.87 Å². The Hall–Kier alpha value is -2.64. The van der Waals surface area contributed by atoms with Crippen LogP contribution in [0, 0.1) is 0 Å². The lowest BCUT2D eigenvalue weighted by Gasteiger charge is -2.07. The molecule has 0 aliphatic carbocycles. The Morgan fingerprint density at radius 2 is 1.67 bits per heavy atom. The standard InChI is InChI=1S/C17H12N2O3S2/c20-17-18-10-16(23-17)14-11-19(15-9-5-4-8-13(14)15)24(21,22)12-6-2-1-3-7-12/h1-11H,(H,18,20). The molecular formula is C17H12N2O3S2. The van der Waals surface area contributed by atoms with Gasteiger partial charge in [0.05, 0.1) is 15.3 Å². The Bertz CT molecular complexity index is 1190. The van der Waals surface area contributed by atoms with Crippen molar-refractivity contribution < 1.29 is 8.42 Å². The van der Waals surface area contributed by atoms with Gasteiger partial charge >= 0.3 is 4.87 Å². The van der Waals surface area contributed by atoms with Crippen LogP contribution in [0.5, 0.6) is 0 Å². The maximum atomic E-state index is 13.0. The van der Waals surface area contributed by atoms with Crippen molar-refractivity contribution in [3.63, 3.8) is 0 Å². The van der Waals surface area contributed by atoms with E-state index in [1.54, 1.807) is 54.9 Å². The van der Waals surface area contributed by atoms with E-state index in [4.69, 9.17) is 0 Å². The van der Waals surface area contributed by atoms with Crippen LogP contribution in [0.3, 0.4) is 0 Å². The average molecular weight is 356 g/mol. The SMILES string of the molecule is O=c1[nH]cc(-c2cn(S(=O)(=O)c3ccccc3)c3ccccc23)s1. The van der Waals surface area contributed by atoms with Crippen molar-refractivity contribution in [3.8, 4) is 10.4 Å². The van der Waals surface area contributed by atoms with Crippen LogP contribution in [0.4, 0.5) is 0 Å². The lowest BCUT2D eigenvalue weighted by atomic mass is 10.1. The first-order chi connectivity index (χ1) is 11.6. The second-order valence-corrected chi connectivity index (χ2v) is 8.05. The van der Waals surface area contributed by atoms with Gasteiger partial charge in [0.25, 0.3) is 10.0 Å². The number of nitrogens with zero attached hydrogens (tertiary/aromatic N) is 1. The van der Waals surface area contributed by atoms with E-state index in [1.165, 1.54) is 3.97 Å². The van der Waals surface area contributed by atoms with E-state index in [9.17, 15) is 13.2 Å². The summed E-state index contributed by atoms with van der Waals surface area (Å²) in [6.45, 7) is 0. The van der Waals surface area contributed by atoms with Gasteiger partial charge < -0.3 is 4.98 Å². The molecule has 0 saturated heterocycles. The summed E-state index contributed by atoms with van der Waals surface area (Å²) in [6, 6.07) is 15.5. The van der Waals surface area contributed by atoms with Crippen LogP contribution in [0.2, 0.25) is 0 Å². The number of aromatic nitrogens is 2. The Balaban J connectivity index is 2.03. The highest BCUT2D eigenvalue weighted by atomic mass is 32.2. The van der Waals surface area contributed by atoms with Crippen LogP contribution in [0.25, 0.3) is 21.3 Å². The van der Waals surface area contributed by atoms with Crippen LogP contribution in [-0.2, 0) is 10.0 Å². The maximum Gasteiger partial charge on any atom is 0.305 e. The summed E-state index contributed by atoms with van der Waals surface area (Å²) in [7, 11) is -3.71. The molecule has 2 aromatic heterocycles. The van der Waals surface area contributed by atoms with Crippen LogP contribution >= 0.6 is 11.3 Å². The monoisotopic (exact) mass is 356 g/mol. The Morgan fingerprint density at radius 3 is 2.38 bits per heavy atom. The molecule has 0 radical (unpaired) electrons. The summed E-state index contributed by atoms with van der Waals surface area (Å²) in [6.07, 6.45) is 3.18. The second kappa shape index (κ2) is 5.47. The number of thiazole rings is 1. The lowest BCUT2D eigenvalue weighted by Crippen LogP contribution is -2.11. The molecule has 7 heteroatoms. The number of fused-ring (bicyclic) bond motifs is 1. The molecule has 0 unspecified atom stereocenters. The largest absolute Gasteiger partial charge is 0.319 e. The van der Waals surface area contributed by atoms with E-state index in [0.717, 1.165) is 16.7 Å². The molecule has 2 aromatic carbocycles. The fourth-order valence-corrected chi connectivity index (χ4v) is 4.77. The third kappa shape index (κ3) is 2.29. The zero-order valence-corrected chi connectivity index (χ0v) is 14.0. The Morgan fingerprint density at radius 1 is 0.958 bits per heavy atom. The number of benzene rings is 2. The number of para-hydroxylation sites is 1. The zero-order chi connectivity index (χ0) is 16.7. The van der Waals surface area contributed by atoms with Gasteiger partial charge in [-0.3, -0.25) is 4.79 Å². The molecule has 4 aromatic rings. The number of rotatable bonds is 3. The highest BCUT2D eigenvalue weighted by Crippen LogP contribution is 2.33. The number of nitrogens with one attached hydrogen (secondary N) is 1. The van der Waals surface area contributed by atoms with Gasteiger partial charge in [-0.25, -0.2) is 12.4 Å². The summed E-state index contributed by atoms with van der Waals surface area (Å²) >= 11 is 1.06. The normalized spacial score (nSPS) is 11.8. The molecule has 0 amide bonds. The molecule has 120 valence electrons. The summed E-state index contributed by atoms with van der Waals surface area (Å²) in [5.74, 6) is 0. The molecule has 24 heavy (non-hydrogen) atoms. The number of aromatic amines is 1. The van der Waals surface area contributed by atoms with E-state index < -0.39 is 10.0 Å². The second-order valence-electron chi connectivity index (χ2n) is 5.22. The van der Waals surface area contributed by atoms with Crippen molar-refractivity contribution in [3.05, 3.63) is 76.7 Å². The molecule has 0 aliphatic rings. The average Bonchev–Trinajstić information content (AvgIpc) is 3.19. The minimum Gasteiger partial charge on any atom is -0.319 e. The van der Waals surface area contributed by atoms with Crippen molar-refractivity contribution in [2.24, 2.45) is 0 Å². The molecule has 0 bridgehead atoms. The maximum absolute atomic E-state index is 13.0. The number of H-pyrrole nitrogens is 1. The van der Waals surface area contributed by atoms with E-state index in [-0.39, 0.29) is 9.77 Å². The van der Waals surface area contributed by atoms with Gasteiger partial charge in [0, 0.05) is 23.3 Å². The molecule has 0 spiro atoms. The minimum absolute atomic E-state index is 0.173. The molecule has 2 heterocycles. The van der Waals surface area contributed by atoms with Crippen molar-refractivity contribution in [1.82, 2.24) is 8.96 Å². The first-order valence-corrected chi connectivity index (χ1v) is 9.42. The molecule has 1 N–H and O–H groups in total.